The zero-order valence-electron chi connectivity index (χ0n) is 19.6. The standard InChI is InChI=1S/C28H28N2O5/c1-2-3-12-24(26(31)30-14-13-21-22(15-30)25(21)27(32)33)29-28(34)35-16-23-19-10-6-4-8-17(19)18-9-5-7-11-20(18)23/h4-11,21-25H,12-16H2,1H3,(H,29,34)(H,32,33)/t21-,22+,24?,25?/m0/s1. The largest absolute Gasteiger partial charge is 0.481 e. The van der Waals surface area contributed by atoms with Gasteiger partial charge in [-0.1, -0.05) is 48.5 Å². The second-order valence-corrected chi connectivity index (χ2v) is 9.42. The number of hydrogen-bond donors (Lipinski definition) is 2. The number of likely N-dealkylation sites (tertiary alicyclic amines) is 1. The third-order valence-corrected chi connectivity index (χ3v) is 7.51. The van der Waals surface area contributed by atoms with Crippen LogP contribution >= 0.6 is 0 Å². The highest BCUT2D eigenvalue weighted by molar-refractivity contribution is 5.86. The number of nitrogens with zero attached hydrogens (tertiary/aromatic N) is 1. The van der Waals surface area contributed by atoms with E-state index in [2.05, 4.69) is 41.4 Å². The number of hydrogen-bond acceptors (Lipinski definition) is 4. The van der Waals surface area contributed by atoms with Crippen molar-refractivity contribution < 1.29 is 24.2 Å². The average Bonchev–Trinajstić information content (AvgIpc) is 3.52. The highest BCUT2D eigenvalue weighted by Gasteiger charge is 2.57. The zero-order chi connectivity index (χ0) is 24.5. The molecule has 3 aliphatic rings. The number of carboxylic acid groups (broad SMARTS) is 1. The molecule has 7 heteroatoms. The smallest absolute Gasteiger partial charge is 0.407 e. The number of carboxylic acids is 1. The summed E-state index contributed by atoms with van der Waals surface area (Å²) in [7, 11) is 0. The molecule has 1 aliphatic heterocycles. The lowest BCUT2D eigenvalue weighted by Gasteiger charge is -2.29. The first-order valence-electron chi connectivity index (χ1n) is 12.0. The highest BCUT2D eigenvalue weighted by atomic mass is 16.5. The van der Waals surface area contributed by atoms with E-state index >= 15 is 0 Å². The summed E-state index contributed by atoms with van der Waals surface area (Å²) < 4.78 is 5.62. The molecule has 0 spiro atoms. The van der Waals surface area contributed by atoms with Crippen LogP contribution in [0.4, 0.5) is 4.79 Å². The number of amides is 2. The summed E-state index contributed by atoms with van der Waals surface area (Å²) in [6.07, 6.45) is 0.185. The second-order valence-electron chi connectivity index (χ2n) is 9.42. The number of aliphatic carboxylic acids is 1. The Hall–Kier alpha value is -3.79. The molecule has 180 valence electrons. The van der Waals surface area contributed by atoms with Crippen LogP contribution in [0.3, 0.4) is 0 Å². The number of carbonyl (C=O) groups is 3. The summed E-state index contributed by atoms with van der Waals surface area (Å²) >= 11 is 0. The zero-order valence-corrected chi connectivity index (χ0v) is 19.6. The average molecular weight is 473 g/mol. The number of nitrogens with one attached hydrogen (secondary N) is 1. The molecule has 2 amide bonds. The van der Waals surface area contributed by atoms with E-state index in [1.807, 2.05) is 24.3 Å². The maximum absolute atomic E-state index is 13.2. The van der Waals surface area contributed by atoms with Crippen molar-refractivity contribution in [3.63, 3.8) is 0 Å². The van der Waals surface area contributed by atoms with Crippen LogP contribution in [0, 0.1) is 29.6 Å². The molecule has 1 heterocycles. The van der Waals surface area contributed by atoms with Gasteiger partial charge in [0.15, 0.2) is 0 Å². The van der Waals surface area contributed by atoms with Crippen molar-refractivity contribution in [2.75, 3.05) is 19.7 Å². The number of ether oxygens (including phenoxy) is 1. The molecule has 2 N–H and O–H groups in total. The summed E-state index contributed by atoms with van der Waals surface area (Å²) in [5, 5.41) is 12.0. The molecule has 4 atom stereocenters. The number of fused-ring (bicyclic) bond motifs is 4. The molecule has 2 aliphatic carbocycles. The monoisotopic (exact) mass is 472 g/mol. The van der Waals surface area contributed by atoms with Crippen LogP contribution in [0.25, 0.3) is 11.1 Å². The van der Waals surface area contributed by atoms with E-state index in [-0.39, 0.29) is 42.6 Å². The maximum Gasteiger partial charge on any atom is 0.407 e. The van der Waals surface area contributed by atoms with Crippen LogP contribution in [0.2, 0.25) is 0 Å². The van der Waals surface area contributed by atoms with Gasteiger partial charge in [0, 0.05) is 25.4 Å². The van der Waals surface area contributed by atoms with Gasteiger partial charge < -0.3 is 20.1 Å². The van der Waals surface area contributed by atoms with Gasteiger partial charge in [-0.3, -0.25) is 9.59 Å². The van der Waals surface area contributed by atoms with E-state index in [0.717, 1.165) is 22.3 Å². The van der Waals surface area contributed by atoms with Crippen molar-refractivity contribution in [1.82, 2.24) is 10.2 Å². The lowest BCUT2D eigenvalue weighted by Crippen LogP contribution is -2.50. The Morgan fingerprint density at radius 3 is 2.37 bits per heavy atom. The molecule has 2 unspecified atom stereocenters. The van der Waals surface area contributed by atoms with Gasteiger partial charge in [0.1, 0.15) is 12.6 Å². The Morgan fingerprint density at radius 1 is 1.09 bits per heavy atom. The summed E-state index contributed by atoms with van der Waals surface area (Å²) in [5.41, 5.74) is 4.52. The quantitative estimate of drug-likeness (QED) is 0.628. The van der Waals surface area contributed by atoms with Gasteiger partial charge >= 0.3 is 12.1 Å². The summed E-state index contributed by atoms with van der Waals surface area (Å²) in [5.74, 6) is 4.34. The minimum Gasteiger partial charge on any atom is -0.481 e. The first-order valence-corrected chi connectivity index (χ1v) is 12.0. The van der Waals surface area contributed by atoms with E-state index in [1.165, 1.54) is 0 Å². The molecule has 2 aromatic carbocycles. The SMILES string of the molecule is CC#CCC(NC(=O)OCC1c2ccccc2-c2ccccc21)C(=O)N1CC[C@@H]2C(C(=O)O)[C@@H]2C1. The van der Waals surface area contributed by atoms with Gasteiger partial charge in [-0.15, -0.1) is 11.8 Å². The predicted octanol–water partition coefficient (Wildman–Crippen LogP) is 3.49. The molecule has 5 rings (SSSR count). The molecular formula is C28H28N2O5. The third-order valence-electron chi connectivity index (χ3n) is 7.51. The lowest BCUT2D eigenvalue weighted by molar-refractivity contribution is -0.139. The first-order chi connectivity index (χ1) is 17.0. The Labute approximate surface area is 204 Å². The van der Waals surface area contributed by atoms with Gasteiger partial charge in [0.25, 0.3) is 0 Å². The van der Waals surface area contributed by atoms with E-state index < -0.39 is 18.1 Å². The van der Waals surface area contributed by atoms with E-state index in [1.54, 1.807) is 11.8 Å². The number of benzene rings is 2. The minimum atomic E-state index is -0.836. The van der Waals surface area contributed by atoms with Gasteiger partial charge in [-0.25, -0.2) is 4.79 Å². The van der Waals surface area contributed by atoms with Crippen molar-refractivity contribution in [1.29, 1.82) is 0 Å². The summed E-state index contributed by atoms with van der Waals surface area (Å²) in [6, 6.07) is 15.4. The third kappa shape index (κ3) is 4.37. The second kappa shape index (κ2) is 9.46. The molecule has 35 heavy (non-hydrogen) atoms. The minimum absolute atomic E-state index is 0.00226. The molecule has 7 nitrogen and oxygen atoms in total. The molecule has 1 saturated carbocycles. The van der Waals surface area contributed by atoms with Crippen LogP contribution in [0.5, 0.6) is 0 Å². The fourth-order valence-electron chi connectivity index (χ4n) is 5.71. The number of carbonyl (C=O) groups excluding carboxylic acids is 2. The number of alkyl carbamates (subject to hydrolysis) is 1. The maximum atomic E-state index is 13.2. The fourth-order valence-corrected chi connectivity index (χ4v) is 5.71. The molecule has 2 fully saturated rings. The number of rotatable bonds is 6. The number of piperidine rings is 1. The van der Waals surface area contributed by atoms with Crippen molar-refractivity contribution in [3.05, 3.63) is 59.7 Å². The Bertz CT molecular complexity index is 1180. The first kappa shape index (κ1) is 23.0. The lowest BCUT2D eigenvalue weighted by atomic mass is 9.98. The van der Waals surface area contributed by atoms with Crippen LogP contribution < -0.4 is 5.32 Å². The molecule has 2 aromatic rings. The molecular weight excluding hydrogens is 444 g/mol. The van der Waals surface area contributed by atoms with Crippen molar-refractivity contribution >= 4 is 18.0 Å². The summed E-state index contributed by atoms with van der Waals surface area (Å²) in [4.78, 5) is 39.0. The van der Waals surface area contributed by atoms with Gasteiger partial charge in [-0.05, 0) is 47.4 Å². The molecule has 1 saturated heterocycles. The Kier molecular flexibility index (Phi) is 6.21. The van der Waals surface area contributed by atoms with E-state index in [0.29, 0.717) is 19.5 Å². The normalized spacial score (nSPS) is 22.5. The van der Waals surface area contributed by atoms with E-state index in [4.69, 9.17) is 4.74 Å². The van der Waals surface area contributed by atoms with Crippen molar-refractivity contribution in [2.24, 2.45) is 17.8 Å². The Balaban J connectivity index is 1.23. The molecule has 0 radical (unpaired) electrons. The van der Waals surface area contributed by atoms with Crippen LogP contribution in [-0.4, -0.2) is 53.7 Å². The predicted molar refractivity (Wildman–Crippen MR) is 129 cm³/mol. The summed E-state index contributed by atoms with van der Waals surface area (Å²) in [6.45, 7) is 2.74. The highest BCUT2D eigenvalue weighted by Crippen LogP contribution is 2.51. The van der Waals surface area contributed by atoms with Crippen molar-refractivity contribution in [2.45, 2.75) is 31.7 Å². The topological polar surface area (TPSA) is 95.9 Å². The van der Waals surface area contributed by atoms with Crippen LogP contribution in [-0.2, 0) is 14.3 Å². The van der Waals surface area contributed by atoms with Crippen molar-refractivity contribution in [3.8, 4) is 23.0 Å². The van der Waals surface area contributed by atoms with E-state index in [9.17, 15) is 19.5 Å². The van der Waals surface area contributed by atoms with Gasteiger partial charge in [-0.2, -0.15) is 0 Å². The fraction of sp³-hybridized carbons (Fsp3) is 0.393. The van der Waals surface area contributed by atoms with Gasteiger partial charge in [0.2, 0.25) is 5.91 Å². The Morgan fingerprint density at radius 2 is 1.74 bits per heavy atom. The molecule has 0 bridgehead atoms. The van der Waals surface area contributed by atoms with Crippen LogP contribution in [0.1, 0.15) is 36.8 Å². The van der Waals surface area contributed by atoms with Crippen LogP contribution in [0.15, 0.2) is 48.5 Å². The van der Waals surface area contributed by atoms with Gasteiger partial charge in [0.05, 0.1) is 5.92 Å². The molecule has 0 aromatic heterocycles.